The van der Waals surface area contributed by atoms with Crippen molar-refractivity contribution < 1.29 is 22.9 Å². The Morgan fingerprint density at radius 3 is 2.00 bits per heavy atom. The number of aliphatic carboxylic acids is 1. The molecule has 0 radical (unpaired) electrons. The average molecular weight is 421 g/mol. The maximum Gasteiger partial charge on any atom is 0.320 e. The van der Waals surface area contributed by atoms with E-state index in [4.69, 9.17) is 50.2 Å². The number of benzene rings is 1. The van der Waals surface area contributed by atoms with Crippen LogP contribution >= 0.6 is 34.8 Å². The van der Waals surface area contributed by atoms with Crippen molar-refractivity contribution in [3.8, 4) is 0 Å². The largest absolute Gasteiger partial charge is 0.480 e. The van der Waals surface area contributed by atoms with Crippen LogP contribution in [0.3, 0.4) is 0 Å². The predicted molar refractivity (Wildman–Crippen MR) is 96.5 cm³/mol. The Hall–Kier alpha value is -0.570. The molecule has 1 aromatic carbocycles. The van der Waals surface area contributed by atoms with Gasteiger partial charge in [0, 0.05) is 0 Å². The number of carboxylic acid groups (broad SMARTS) is 1. The van der Waals surface area contributed by atoms with E-state index in [9.17, 15) is 13.2 Å². The van der Waals surface area contributed by atoms with E-state index < -0.39 is 27.4 Å². The van der Waals surface area contributed by atoms with E-state index >= 15 is 0 Å². The van der Waals surface area contributed by atoms with E-state index in [0.29, 0.717) is 12.3 Å². The van der Waals surface area contributed by atoms with E-state index in [1.807, 2.05) is 13.8 Å². The highest BCUT2D eigenvalue weighted by Crippen LogP contribution is 2.37. The van der Waals surface area contributed by atoms with Crippen LogP contribution in [0, 0.1) is 5.92 Å². The second-order valence-corrected chi connectivity index (χ2v) is 8.40. The molecule has 0 saturated heterocycles. The highest BCUT2D eigenvalue weighted by molar-refractivity contribution is 7.86. The number of hydrogen-bond acceptors (Lipinski definition) is 4. The lowest BCUT2D eigenvalue weighted by Gasteiger charge is -2.11. The Balaban J connectivity index is 0.000000506. The van der Waals surface area contributed by atoms with Crippen molar-refractivity contribution in [3.05, 3.63) is 32.8 Å². The summed E-state index contributed by atoms with van der Waals surface area (Å²) in [4.78, 5) is 10.1. The SMILES string of the molecule is CC(C)C[C@H](N)C(=O)O.CC(c1ccc(Cl)c(Cl)c1Cl)S(=O)(=O)O. The second kappa shape index (κ2) is 9.79. The zero-order valence-corrected chi connectivity index (χ0v) is 16.4. The first kappa shape index (κ1) is 23.4. The highest BCUT2D eigenvalue weighted by Gasteiger charge is 2.23. The fourth-order valence-electron chi connectivity index (χ4n) is 1.62. The molecular weight excluding hydrogens is 401 g/mol. The first-order valence-corrected chi connectivity index (χ1v) is 9.50. The van der Waals surface area contributed by atoms with Gasteiger partial charge in [0.05, 0.1) is 15.1 Å². The van der Waals surface area contributed by atoms with Crippen LogP contribution < -0.4 is 5.73 Å². The van der Waals surface area contributed by atoms with Gasteiger partial charge in [-0.2, -0.15) is 8.42 Å². The Morgan fingerprint density at radius 1 is 1.17 bits per heavy atom. The molecule has 0 saturated carbocycles. The van der Waals surface area contributed by atoms with Crippen LogP contribution in [0.1, 0.15) is 38.0 Å². The first-order valence-electron chi connectivity index (χ1n) is 6.87. The van der Waals surface area contributed by atoms with Crippen LogP contribution in [0.2, 0.25) is 15.1 Å². The van der Waals surface area contributed by atoms with Crippen molar-refractivity contribution >= 4 is 50.9 Å². The Morgan fingerprint density at radius 2 is 1.67 bits per heavy atom. The number of rotatable bonds is 5. The van der Waals surface area contributed by atoms with Crippen molar-refractivity contribution in [1.29, 1.82) is 0 Å². The third-order valence-corrected chi connectivity index (χ3v) is 5.45. The van der Waals surface area contributed by atoms with Gasteiger partial charge in [-0.05, 0) is 30.9 Å². The summed E-state index contributed by atoms with van der Waals surface area (Å²) in [7, 11) is -4.19. The lowest BCUT2D eigenvalue weighted by Crippen LogP contribution is -2.31. The van der Waals surface area contributed by atoms with Crippen LogP contribution in [0.15, 0.2) is 12.1 Å². The van der Waals surface area contributed by atoms with Crippen LogP contribution in [0.25, 0.3) is 0 Å². The number of halogens is 3. The Bertz CT molecular complexity index is 679. The fraction of sp³-hybridized carbons (Fsp3) is 0.500. The van der Waals surface area contributed by atoms with Gasteiger partial charge in [-0.15, -0.1) is 0 Å². The molecule has 0 bridgehead atoms. The summed E-state index contributed by atoms with van der Waals surface area (Å²) < 4.78 is 30.7. The minimum atomic E-state index is -4.19. The van der Waals surface area contributed by atoms with Gasteiger partial charge in [0.15, 0.2) is 0 Å². The van der Waals surface area contributed by atoms with Gasteiger partial charge in [0.25, 0.3) is 10.1 Å². The van der Waals surface area contributed by atoms with Gasteiger partial charge in [-0.25, -0.2) is 0 Å². The van der Waals surface area contributed by atoms with Gasteiger partial charge < -0.3 is 10.8 Å². The van der Waals surface area contributed by atoms with Gasteiger partial charge in [-0.3, -0.25) is 9.35 Å². The molecule has 6 nitrogen and oxygen atoms in total. The zero-order chi connectivity index (χ0) is 19.2. The molecule has 1 aromatic rings. The first-order chi connectivity index (χ1) is 10.8. The zero-order valence-electron chi connectivity index (χ0n) is 13.3. The molecule has 4 N–H and O–H groups in total. The summed E-state index contributed by atoms with van der Waals surface area (Å²) in [5.74, 6) is -0.556. The van der Waals surface area contributed by atoms with E-state index in [-0.39, 0.29) is 20.6 Å². The van der Waals surface area contributed by atoms with Gasteiger partial charge >= 0.3 is 5.97 Å². The second-order valence-electron chi connectivity index (χ2n) is 5.50. The third kappa shape index (κ3) is 7.55. The summed E-state index contributed by atoms with van der Waals surface area (Å²) in [6, 6.07) is 2.15. The number of carbonyl (C=O) groups is 1. The Kier molecular flexibility index (Phi) is 9.56. The van der Waals surface area contributed by atoms with Crippen LogP contribution in [-0.2, 0) is 14.9 Å². The average Bonchev–Trinajstić information content (AvgIpc) is 2.43. The number of carboxylic acids is 1. The van der Waals surface area contributed by atoms with Crippen molar-refractivity contribution in [2.45, 2.75) is 38.5 Å². The number of hydrogen-bond donors (Lipinski definition) is 3. The van der Waals surface area contributed by atoms with E-state index in [1.54, 1.807) is 0 Å². The van der Waals surface area contributed by atoms with E-state index in [2.05, 4.69) is 0 Å². The minimum Gasteiger partial charge on any atom is -0.480 e. The Labute approximate surface area is 156 Å². The van der Waals surface area contributed by atoms with Crippen molar-refractivity contribution in [3.63, 3.8) is 0 Å². The molecule has 0 amide bonds. The lowest BCUT2D eigenvalue weighted by atomic mass is 10.1. The number of nitrogens with two attached hydrogens (primary N) is 1. The van der Waals surface area contributed by atoms with Crippen molar-refractivity contribution in [1.82, 2.24) is 0 Å². The lowest BCUT2D eigenvalue weighted by molar-refractivity contribution is -0.138. The van der Waals surface area contributed by atoms with E-state index in [1.165, 1.54) is 19.1 Å². The summed E-state index contributed by atoms with van der Waals surface area (Å²) in [6.45, 7) is 5.20. The molecule has 2 atom stereocenters. The topological polar surface area (TPSA) is 118 Å². The maximum atomic E-state index is 10.9. The molecule has 0 aromatic heterocycles. The summed E-state index contributed by atoms with van der Waals surface area (Å²) in [5.41, 5.74) is 5.43. The molecular formula is C14H20Cl3NO5S. The molecule has 138 valence electrons. The molecule has 0 aliphatic heterocycles. The van der Waals surface area contributed by atoms with Crippen LogP contribution in [0.5, 0.6) is 0 Å². The predicted octanol–water partition coefficient (Wildman–Crippen LogP) is 4.04. The van der Waals surface area contributed by atoms with Crippen molar-refractivity contribution in [2.24, 2.45) is 11.7 Å². The maximum absolute atomic E-state index is 10.9. The minimum absolute atomic E-state index is 0.0364. The third-order valence-electron chi connectivity index (χ3n) is 2.99. The molecule has 0 heterocycles. The smallest absolute Gasteiger partial charge is 0.320 e. The standard InChI is InChI=1S/C8H7Cl3O3S.C6H13NO2/c1-4(15(12,13)14)5-2-3-6(9)8(11)7(5)10;1-4(2)3-5(7)6(8)9/h2-4H,1H3,(H,12,13,14);4-5H,3,7H2,1-2H3,(H,8,9)/t;5-/m.0/s1. The molecule has 10 heteroatoms. The summed E-state index contributed by atoms with van der Waals surface area (Å²) in [5, 5.41) is 7.51. The van der Waals surface area contributed by atoms with Crippen molar-refractivity contribution in [2.75, 3.05) is 0 Å². The molecule has 1 unspecified atom stereocenters. The van der Waals surface area contributed by atoms with Gasteiger partial charge in [-0.1, -0.05) is 54.7 Å². The summed E-state index contributed by atoms with van der Waals surface area (Å²) in [6.07, 6.45) is 0.551. The van der Waals surface area contributed by atoms with Crippen LogP contribution in [0.4, 0.5) is 0 Å². The molecule has 0 aliphatic rings. The normalized spacial score (nSPS) is 13.9. The molecule has 24 heavy (non-hydrogen) atoms. The molecule has 0 aliphatic carbocycles. The monoisotopic (exact) mass is 419 g/mol. The van der Waals surface area contributed by atoms with Crippen LogP contribution in [-0.4, -0.2) is 30.1 Å². The summed E-state index contributed by atoms with van der Waals surface area (Å²) >= 11 is 17.2. The highest BCUT2D eigenvalue weighted by atomic mass is 35.5. The van der Waals surface area contributed by atoms with E-state index in [0.717, 1.165) is 0 Å². The molecule has 1 rings (SSSR count). The molecule has 0 fully saturated rings. The van der Waals surface area contributed by atoms with Gasteiger partial charge in [0.1, 0.15) is 11.3 Å². The molecule has 0 spiro atoms. The fourth-order valence-corrected chi connectivity index (χ4v) is 2.91. The van der Waals surface area contributed by atoms with Gasteiger partial charge in [0.2, 0.25) is 0 Å². The quantitative estimate of drug-likeness (QED) is 0.489.